The second kappa shape index (κ2) is 5.60. The van der Waals surface area contributed by atoms with Gasteiger partial charge in [0.15, 0.2) is 5.65 Å². The summed E-state index contributed by atoms with van der Waals surface area (Å²) in [4.78, 5) is 13.0. The van der Waals surface area contributed by atoms with Crippen LogP contribution in [0.15, 0.2) is 39.7 Å². The van der Waals surface area contributed by atoms with E-state index in [1.165, 1.54) is 17.1 Å². The fraction of sp³-hybridized carbons (Fsp3) is 0.143. The van der Waals surface area contributed by atoms with E-state index in [4.69, 9.17) is 0 Å². The molecule has 4 rings (SSSR count). The number of benzene rings is 1. The molecule has 4 aromatic rings. The van der Waals surface area contributed by atoms with Crippen LogP contribution in [0.2, 0.25) is 0 Å². The zero-order valence-electron chi connectivity index (χ0n) is 11.5. The molecule has 0 N–H and O–H groups in total. The molecule has 5 nitrogen and oxygen atoms in total. The molecule has 0 saturated heterocycles. The number of imidazole rings is 1. The fourth-order valence-electron chi connectivity index (χ4n) is 2.23. The Morgan fingerprint density at radius 1 is 1.27 bits per heavy atom. The molecule has 0 radical (unpaired) electrons. The van der Waals surface area contributed by atoms with Gasteiger partial charge in [-0.05, 0) is 45.2 Å². The summed E-state index contributed by atoms with van der Waals surface area (Å²) in [5.74, 6) is 0.834. The van der Waals surface area contributed by atoms with E-state index in [0.717, 1.165) is 36.6 Å². The van der Waals surface area contributed by atoms with Gasteiger partial charge in [-0.2, -0.15) is 4.37 Å². The average molecular weight is 392 g/mol. The Labute approximate surface area is 143 Å². The molecule has 3 aromatic heterocycles. The smallest absolute Gasteiger partial charge is 0.164 e. The van der Waals surface area contributed by atoms with Crippen LogP contribution in [0.25, 0.3) is 22.1 Å². The van der Waals surface area contributed by atoms with Crippen molar-refractivity contribution in [3.8, 4) is 0 Å². The zero-order chi connectivity index (χ0) is 15.1. The molecule has 0 aliphatic heterocycles. The summed E-state index contributed by atoms with van der Waals surface area (Å²) in [6, 6.07) is 6.34. The topological polar surface area (TPSA) is 56.5 Å². The Kier molecular flexibility index (Phi) is 3.59. The summed E-state index contributed by atoms with van der Waals surface area (Å²) >= 11 is 6.69. The second-order valence-corrected chi connectivity index (χ2v) is 7.86. The van der Waals surface area contributed by atoms with Crippen molar-refractivity contribution in [3.05, 3.63) is 40.2 Å². The van der Waals surface area contributed by atoms with Crippen molar-refractivity contribution >= 4 is 61.3 Å². The van der Waals surface area contributed by atoms with Crippen LogP contribution in [0.5, 0.6) is 0 Å². The number of aromatic nitrogens is 5. The Morgan fingerprint density at radius 3 is 3.09 bits per heavy atom. The van der Waals surface area contributed by atoms with Crippen LogP contribution < -0.4 is 0 Å². The summed E-state index contributed by atoms with van der Waals surface area (Å²) in [6.07, 6.45) is 3.36. The summed E-state index contributed by atoms with van der Waals surface area (Å²) in [7, 11) is 1.94. The molecule has 0 atom stereocenters. The quantitative estimate of drug-likeness (QED) is 0.389. The summed E-state index contributed by atoms with van der Waals surface area (Å²) < 4.78 is 7.35. The molecule has 0 bridgehead atoms. The highest BCUT2D eigenvalue weighted by molar-refractivity contribution is 9.11. The first kappa shape index (κ1) is 14.1. The third-order valence-corrected chi connectivity index (χ3v) is 5.92. The molecule has 0 amide bonds. The lowest BCUT2D eigenvalue weighted by molar-refractivity contribution is 0.925. The van der Waals surface area contributed by atoms with Gasteiger partial charge < -0.3 is 4.57 Å². The van der Waals surface area contributed by atoms with Crippen LogP contribution in [0.1, 0.15) is 5.56 Å². The molecule has 22 heavy (non-hydrogen) atoms. The normalized spacial score (nSPS) is 11.5. The largest absolute Gasteiger partial charge is 0.318 e. The summed E-state index contributed by atoms with van der Waals surface area (Å²) in [5.41, 5.74) is 3.98. The molecule has 8 heteroatoms. The van der Waals surface area contributed by atoms with Gasteiger partial charge in [0.1, 0.15) is 16.9 Å². The summed E-state index contributed by atoms with van der Waals surface area (Å²) in [5, 5.41) is 2.07. The Bertz CT molecular complexity index is 978. The minimum atomic E-state index is 0.834. The molecule has 0 aliphatic carbocycles. The van der Waals surface area contributed by atoms with Crippen LogP contribution in [0, 0.1) is 0 Å². The number of hydrogen-bond acceptors (Lipinski definition) is 6. The van der Waals surface area contributed by atoms with Gasteiger partial charge in [-0.25, -0.2) is 15.0 Å². The van der Waals surface area contributed by atoms with Gasteiger partial charge in [-0.3, -0.25) is 0 Å². The highest BCUT2D eigenvalue weighted by Gasteiger charge is 2.10. The van der Waals surface area contributed by atoms with Crippen molar-refractivity contribution in [1.82, 2.24) is 23.9 Å². The molecular formula is C14H10BrN5S2. The van der Waals surface area contributed by atoms with Gasteiger partial charge in [0.25, 0.3) is 0 Å². The van der Waals surface area contributed by atoms with Crippen molar-refractivity contribution < 1.29 is 0 Å². The number of thioether (sulfide) groups is 1. The van der Waals surface area contributed by atoms with E-state index in [0.29, 0.717) is 0 Å². The van der Waals surface area contributed by atoms with Crippen molar-refractivity contribution in [2.45, 2.75) is 10.8 Å². The minimum Gasteiger partial charge on any atom is -0.318 e. The van der Waals surface area contributed by atoms with E-state index in [-0.39, 0.29) is 0 Å². The Balaban J connectivity index is 1.63. The van der Waals surface area contributed by atoms with E-state index in [1.54, 1.807) is 24.4 Å². The molecule has 0 spiro atoms. The average Bonchev–Trinajstić information content (AvgIpc) is 3.10. The van der Waals surface area contributed by atoms with Gasteiger partial charge in [0.2, 0.25) is 0 Å². The first-order chi connectivity index (χ1) is 10.7. The molecule has 0 unspecified atom stereocenters. The van der Waals surface area contributed by atoms with Crippen molar-refractivity contribution in [2.24, 2.45) is 7.05 Å². The van der Waals surface area contributed by atoms with Crippen molar-refractivity contribution in [1.29, 1.82) is 0 Å². The van der Waals surface area contributed by atoms with E-state index in [1.807, 2.05) is 11.6 Å². The van der Waals surface area contributed by atoms with Crippen LogP contribution in [-0.4, -0.2) is 23.9 Å². The van der Waals surface area contributed by atoms with Crippen LogP contribution in [0.4, 0.5) is 0 Å². The highest BCUT2D eigenvalue weighted by atomic mass is 79.9. The molecular weight excluding hydrogens is 382 g/mol. The monoisotopic (exact) mass is 391 g/mol. The molecule has 0 fully saturated rings. The van der Waals surface area contributed by atoms with E-state index < -0.39 is 0 Å². The number of rotatable bonds is 3. The van der Waals surface area contributed by atoms with Gasteiger partial charge in [-0.15, -0.1) is 0 Å². The minimum absolute atomic E-state index is 0.834. The molecule has 3 heterocycles. The number of nitrogens with zero attached hydrogens (tertiary/aromatic N) is 5. The predicted molar refractivity (Wildman–Crippen MR) is 93.2 cm³/mol. The molecule has 0 saturated carbocycles. The van der Waals surface area contributed by atoms with E-state index >= 15 is 0 Å². The third kappa shape index (κ3) is 2.41. The van der Waals surface area contributed by atoms with Crippen molar-refractivity contribution in [3.63, 3.8) is 0 Å². The number of aryl methyl sites for hydroxylation is 1. The third-order valence-electron chi connectivity index (χ3n) is 3.34. The summed E-state index contributed by atoms with van der Waals surface area (Å²) in [6.45, 7) is 0. The molecule has 0 aliphatic rings. The Morgan fingerprint density at radius 2 is 2.18 bits per heavy atom. The fourth-order valence-corrected chi connectivity index (χ4v) is 4.25. The van der Waals surface area contributed by atoms with E-state index in [9.17, 15) is 0 Å². The number of halogens is 1. The van der Waals surface area contributed by atoms with Gasteiger partial charge in [0.05, 0.1) is 15.6 Å². The molecule has 110 valence electrons. The lowest BCUT2D eigenvalue weighted by Gasteiger charge is -2.03. The predicted octanol–water partition coefficient (Wildman–Crippen LogP) is 4.03. The highest BCUT2D eigenvalue weighted by Crippen LogP contribution is 2.31. The second-order valence-electron chi connectivity index (χ2n) is 4.80. The Hall–Kier alpha value is -1.51. The zero-order valence-corrected chi connectivity index (χ0v) is 14.7. The van der Waals surface area contributed by atoms with Gasteiger partial charge >= 0.3 is 0 Å². The maximum Gasteiger partial charge on any atom is 0.164 e. The number of hydrogen-bond donors (Lipinski definition) is 0. The first-order valence-electron chi connectivity index (χ1n) is 6.51. The van der Waals surface area contributed by atoms with Gasteiger partial charge in [-0.1, -0.05) is 17.8 Å². The van der Waals surface area contributed by atoms with Crippen LogP contribution in [0.3, 0.4) is 0 Å². The van der Waals surface area contributed by atoms with E-state index in [2.05, 4.69) is 53.5 Å². The lowest BCUT2D eigenvalue weighted by atomic mass is 10.2. The van der Waals surface area contributed by atoms with Crippen molar-refractivity contribution in [2.75, 3.05) is 0 Å². The SMILES string of the molecule is Cn1cnc2c(SCc3ccc4nsc(Br)c4c3)ncnc21. The van der Waals surface area contributed by atoms with Crippen LogP contribution >= 0.6 is 39.2 Å². The molecule has 1 aromatic carbocycles. The van der Waals surface area contributed by atoms with Crippen LogP contribution in [-0.2, 0) is 12.8 Å². The van der Waals surface area contributed by atoms with Gasteiger partial charge in [0, 0.05) is 18.2 Å². The lowest BCUT2D eigenvalue weighted by Crippen LogP contribution is -1.91. The maximum absolute atomic E-state index is 4.39. The number of fused-ring (bicyclic) bond motifs is 2. The maximum atomic E-state index is 4.39. The first-order valence-corrected chi connectivity index (χ1v) is 9.06. The standard InChI is InChI=1S/C14H10BrN5S2/c1-20-7-18-11-13(20)16-6-17-14(11)21-5-8-2-3-10-9(4-8)12(15)22-19-10/h2-4,6-7H,5H2,1H3.